The first-order chi connectivity index (χ1) is 28.0. The summed E-state index contributed by atoms with van der Waals surface area (Å²) in [6.07, 6.45) is 0. The highest BCUT2D eigenvalue weighted by Crippen LogP contribution is 2.38. The van der Waals surface area contributed by atoms with Gasteiger partial charge in [0.2, 0.25) is 0 Å². The van der Waals surface area contributed by atoms with Crippen LogP contribution in [0.5, 0.6) is 0 Å². The Balaban J connectivity index is 1.02. The van der Waals surface area contributed by atoms with Crippen molar-refractivity contribution in [2.75, 3.05) is 0 Å². The molecule has 0 N–H and O–H groups in total. The fourth-order valence-corrected chi connectivity index (χ4v) is 11.3. The van der Waals surface area contributed by atoms with E-state index in [0.717, 1.165) is 33.8 Å². The van der Waals surface area contributed by atoms with Crippen LogP contribution in [0.1, 0.15) is 0 Å². The van der Waals surface area contributed by atoms with Gasteiger partial charge in [0.1, 0.15) is 8.07 Å². The third-order valence-electron chi connectivity index (χ3n) is 11.5. The van der Waals surface area contributed by atoms with Gasteiger partial charge >= 0.3 is 0 Å². The second-order valence-electron chi connectivity index (χ2n) is 15.4. The molecule has 0 radical (unpaired) electrons. The second-order valence-corrected chi connectivity index (χ2v) is 19.7. The van der Waals surface area contributed by atoms with Crippen molar-refractivity contribution in [3.05, 3.63) is 206 Å². The Kier molecular flexibility index (Phi) is 8.66. The lowest BCUT2D eigenvalue weighted by Gasteiger charge is -2.19. The molecule has 10 rings (SSSR count). The van der Waals surface area contributed by atoms with E-state index in [1.807, 2.05) is 0 Å². The Morgan fingerprint density at radius 3 is 1.21 bits per heavy atom. The topological polar surface area (TPSA) is 25.8 Å². The van der Waals surface area contributed by atoms with Crippen LogP contribution in [0.3, 0.4) is 0 Å². The lowest BCUT2D eigenvalue weighted by Crippen LogP contribution is -2.50. The van der Waals surface area contributed by atoms with Crippen molar-refractivity contribution in [3.8, 4) is 89.4 Å². The predicted octanol–water partition coefficient (Wildman–Crippen LogP) is 12.9. The minimum atomic E-state index is -2.10. The molecule has 270 valence electrons. The smallest absolute Gasteiger partial charge is 0.159 e. The molecular weight excluding hydrogens is 705 g/mol. The van der Waals surface area contributed by atoms with Crippen LogP contribution < -0.4 is 10.5 Å². The number of nitrogens with zero attached hydrogens (tertiary/aromatic N) is 2. The number of hydrogen-bond acceptors (Lipinski definition) is 2. The van der Waals surface area contributed by atoms with Crippen LogP contribution in [-0.2, 0) is 0 Å². The highest BCUT2D eigenvalue weighted by Gasteiger charge is 2.41. The molecule has 0 unspecified atom stereocenters. The van der Waals surface area contributed by atoms with E-state index < -0.39 is 8.07 Å². The van der Waals surface area contributed by atoms with Crippen LogP contribution in [0, 0.1) is 0 Å². The maximum absolute atomic E-state index is 5.46. The first kappa shape index (κ1) is 34.5. The Bertz CT molecular complexity index is 2910. The number of aromatic nitrogens is 2. The van der Waals surface area contributed by atoms with Crippen molar-refractivity contribution < 1.29 is 0 Å². The minimum absolute atomic E-state index is 0.771. The molecule has 0 aliphatic carbocycles. The maximum Gasteiger partial charge on any atom is 0.159 e. The van der Waals surface area contributed by atoms with Crippen molar-refractivity contribution in [1.82, 2.24) is 9.97 Å². The Morgan fingerprint density at radius 1 is 0.316 bits per heavy atom. The van der Waals surface area contributed by atoms with Crippen molar-refractivity contribution in [2.24, 2.45) is 0 Å². The zero-order chi connectivity index (χ0) is 38.3. The molecule has 2 nitrogen and oxygen atoms in total. The first-order valence-electron chi connectivity index (χ1n) is 19.6. The van der Waals surface area contributed by atoms with Crippen LogP contribution in [0.15, 0.2) is 206 Å². The summed E-state index contributed by atoms with van der Waals surface area (Å²) in [5.41, 5.74) is 17.5. The van der Waals surface area contributed by atoms with Gasteiger partial charge in [-0.1, -0.05) is 195 Å². The van der Waals surface area contributed by atoms with Crippen LogP contribution in [0.2, 0.25) is 13.1 Å². The number of fused-ring (bicyclic) bond motifs is 3. The molecule has 2 heterocycles. The van der Waals surface area contributed by atoms with E-state index in [1.165, 1.54) is 66.1 Å². The number of benzene rings is 8. The molecule has 9 aromatic rings. The minimum Gasteiger partial charge on any atom is -0.237 e. The van der Waals surface area contributed by atoms with Crippen molar-refractivity contribution in [3.63, 3.8) is 0 Å². The lowest BCUT2D eigenvalue weighted by atomic mass is 9.94. The van der Waals surface area contributed by atoms with E-state index in [4.69, 9.17) is 9.97 Å². The first-order valence-corrected chi connectivity index (χ1v) is 22.6. The van der Waals surface area contributed by atoms with E-state index in [9.17, 15) is 0 Å². The van der Waals surface area contributed by atoms with Crippen LogP contribution in [0.25, 0.3) is 89.4 Å². The zero-order valence-corrected chi connectivity index (χ0v) is 33.0. The molecule has 8 aromatic carbocycles. The van der Waals surface area contributed by atoms with E-state index in [0.29, 0.717) is 0 Å². The van der Waals surface area contributed by atoms with Gasteiger partial charge in [0.15, 0.2) is 5.82 Å². The molecule has 1 aliphatic rings. The fraction of sp³-hybridized carbons (Fsp3) is 0.0370. The summed E-state index contributed by atoms with van der Waals surface area (Å²) in [5, 5.41) is 2.63. The van der Waals surface area contributed by atoms with Crippen LogP contribution in [0.4, 0.5) is 0 Å². The summed E-state index contributed by atoms with van der Waals surface area (Å²) in [7, 11) is -2.10. The van der Waals surface area contributed by atoms with E-state index in [2.05, 4.69) is 219 Å². The van der Waals surface area contributed by atoms with Gasteiger partial charge in [0.25, 0.3) is 0 Å². The molecule has 0 bridgehead atoms. The quantitative estimate of drug-likeness (QED) is 0.152. The van der Waals surface area contributed by atoms with E-state index in [-0.39, 0.29) is 0 Å². The molecule has 0 spiro atoms. The van der Waals surface area contributed by atoms with Gasteiger partial charge in [-0.3, -0.25) is 0 Å². The standard InChI is InChI=1S/C54H40N2Si/c1-57(2)50-28-10-9-27-49(50)51-52(40-31-29-39(30-32-40)37-15-5-3-6-16-37)55-53(56-54(51)57)48-26-14-25-47(36-48)46-24-13-23-45(35-46)44-22-12-21-43(34-44)42-20-11-19-41(33-42)38-17-7-4-8-18-38/h3-36H,1-2H3. The molecule has 0 fully saturated rings. The third kappa shape index (κ3) is 6.42. The van der Waals surface area contributed by atoms with Crippen LogP contribution >= 0.6 is 0 Å². The summed E-state index contributed by atoms with van der Waals surface area (Å²) < 4.78 is 0. The molecule has 1 aromatic heterocycles. The highest BCUT2D eigenvalue weighted by molar-refractivity contribution is 7.03. The van der Waals surface area contributed by atoms with Gasteiger partial charge in [0, 0.05) is 22.0 Å². The molecule has 3 heteroatoms. The zero-order valence-electron chi connectivity index (χ0n) is 32.0. The molecular formula is C54H40N2Si. The molecule has 0 amide bonds. The van der Waals surface area contributed by atoms with Crippen molar-refractivity contribution in [2.45, 2.75) is 13.1 Å². The number of hydrogen-bond donors (Lipinski definition) is 0. The summed E-state index contributed by atoms with van der Waals surface area (Å²) in [5.74, 6) is 0.771. The van der Waals surface area contributed by atoms with E-state index >= 15 is 0 Å². The summed E-state index contributed by atoms with van der Waals surface area (Å²) >= 11 is 0. The lowest BCUT2D eigenvalue weighted by molar-refractivity contribution is 1.21. The highest BCUT2D eigenvalue weighted by atomic mass is 28.3. The largest absolute Gasteiger partial charge is 0.237 e. The average Bonchev–Trinajstić information content (AvgIpc) is 3.52. The Hall–Kier alpha value is -6.94. The Morgan fingerprint density at radius 2 is 0.684 bits per heavy atom. The van der Waals surface area contributed by atoms with Gasteiger partial charge in [-0.2, -0.15) is 0 Å². The van der Waals surface area contributed by atoms with E-state index in [1.54, 1.807) is 0 Å². The van der Waals surface area contributed by atoms with Gasteiger partial charge in [0.05, 0.1) is 5.69 Å². The second kappa shape index (κ2) is 14.3. The summed E-state index contributed by atoms with van der Waals surface area (Å²) in [4.78, 5) is 10.9. The van der Waals surface area contributed by atoms with Crippen molar-refractivity contribution in [1.29, 1.82) is 0 Å². The maximum atomic E-state index is 5.46. The monoisotopic (exact) mass is 744 g/mol. The normalized spacial score (nSPS) is 12.5. The molecule has 0 saturated heterocycles. The average molecular weight is 745 g/mol. The molecule has 57 heavy (non-hydrogen) atoms. The summed E-state index contributed by atoms with van der Waals surface area (Å²) in [6, 6.07) is 74.2. The molecule has 1 aliphatic heterocycles. The fourth-order valence-electron chi connectivity index (χ4n) is 8.43. The van der Waals surface area contributed by atoms with Gasteiger partial charge in [-0.15, -0.1) is 0 Å². The molecule has 0 atom stereocenters. The van der Waals surface area contributed by atoms with Gasteiger partial charge in [-0.05, 0) is 90.7 Å². The SMILES string of the molecule is C[Si]1(C)c2ccccc2-c2c(-c3ccc(-c4ccccc4)cc3)nc(-c3cccc(-c4cccc(-c5cccc(-c6cccc(-c7ccccc7)c6)c5)c4)c3)nc21. The molecule has 0 saturated carbocycles. The number of rotatable bonds is 7. The third-order valence-corrected chi connectivity index (χ3v) is 14.8. The Labute approximate surface area is 335 Å². The summed E-state index contributed by atoms with van der Waals surface area (Å²) in [6.45, 7) is 4.85. The van der Waals surface area contributed by atoms with Crippen LogP contribution in [-0.4, -0.2) is 18.0 Å². The van der Waals surface area contributed by atoms with Gasteiger partial charge < -0.3 is 0 Å². The predicted molar refractivity (Wildman–Crippen MR) is 242 cm³/mol. The van der Waals surface area contributed by atoms with Gasteiger partial charge in [-0.25, -0.2) is 9.97 Å². The van der Waals surface area contributed by atoms with Crippen molar-refractivity contribution >= 4 is 18.6 Å².